The summed E-state index contributed by atoms with van der Waals surface area (Å²) in [6.07, 6.45) is 4.30. The van der Waals surface area contributed by atoms with Gasteiger partial charge in [-0.2, -0.15) is 0 Å². The number of carbonyl (C=O) groups is 2. The van der Waals surface area contributed by atoms with E-state index in [0.29, 0.717) is 28.4 Å². The van der Waals surface area contributed by atoms with Gasteiger partial charge in [0.05, 0.1) is 13.5 Å². The van der Waals surface area contributed by atoms with Crippen LogP contribution >= 0.6 is 0 Å². The Kier molecular flexibility index (Phi) is 8.29. The molecule has 0 saturated heterocycles. The Morgan fingerprint density at radius 2 is 1.63 bits per heavy atom. The molecule has 0 spiro atoms. The molecule has 0 bridgehead atoms. The number of nitrogen functional groups attached to an aromatic ring is 2. The number of nitriles is 1. The highest BCUT2D eigenvalue weighted by Crippen LogP contribution is 2.29. The zero-order chi connectivity index (χ0) is 25.2. The summed E-state index contributed by atoms with van der Waals surface area (Å²) in [5.41, 5.74) is 14.5. The van der Waals surface area contributed by atoms with Gasteiger partial charge in [-0.25, -0.2) is 4.79 Å². The molecule has 0 heterocycles. The van der Waals surface area contributed by atoms with Crippen molar-refractivity contribution in [3.8, 4) is 34.6 Å². The van der Waals surface area contributed by atoms with E-state index in [1.54, 1.807) is 36.6 Å². The number of rotatable bonds is 9. The average Bonchev–Trinajstić information content (AvgIpc) is 2.82. The molecule has 0 fully saturated rings. The number of nitrogens with zero attached hydrogens (tertiary/aromatic N) is 1. The van der Waals surface area contributed by atoms with Gasteiger partial charge < -0.3 is 30.4 Å². The summed E-state index contributed by atoms with van der Waals surface area (Å²) in [6, 6.07) is 17.0. The minimum absolute atomic E-state index is 0.134. The monoisotopic (exact) mass is 473 g/mol. The highest BCUT2D eigenvalue weighted by atomic mass is 16.5. The molecule has 3 aromatic rings. The summed E-state index contributed by atoms with van der Waals surface area (Å²) in [5.74, 6) is 0.0140. The molecule has 0 unspecified atom stereocenters. The Morgan fingerprint density at radius 3 is 2.29 bits per heavy atom. The van der Waals surface area contributed by atoms with E-state index >= 15 is 0 Å². The van der Waals surface area contributed by atoms with E-state index in [4.69, 9.17) is 35.7 Å². The Hall–Kier alpha value is -4.97. The number of methoxy groups -OCH3 is 1. The third-order valence-corrected chi connectivity index (χ3v) is 4.72. The van der Waals surface area contributed by atoms with Crippen LogP contribution in [0.5, 0.6) is 17.2 Å². The first-order valence-corrected chi connectivity index (χ1v) is 10.4. The van der Waals surface area contributed by atoms with Crippen LogP contribution in [0.4, 0.5) is 11.4 Å². The summed E-state index contributed by atoms with van der Waals surface area (Å²) in [6.45, 7) is -0.151. The SMILES string of the molecule is COc1cc(-c2ccc(OC#N)cc2)ccc1/C=C/C(=O)OCCC(=O)Oc1cc(N)cc(N)c1. The summed E-state index contributed by atoms with van der Waals surface area (Å²) in [7, 11) is 1.53. The van der Waals surface area contributed by atoms with E-state index in [2.05, 4.69) is 0 Å². The number of carbonyl (C=O) groups excluding carboxylic acids is 2. The smallest absolute Gasteiger partial charge is 0.330 e. The fraction of sp³-hybridized carbons (Fsp3) is 0.115. The maximum atomic E-state index is 12.0. The van der Waals surface area contributed by atoms with Gasteiger partial charge in [0.15, 0.2) is 0 Å². The predicted molar refractivity (Wildman–Crippen MR) is 130 cm³/mol. The lowest BCUT2D eigenvalue weighted by atomic mass is 10.0. The van der Waals surface area contributed by atoms with Crippen molar-refractivity contribution in [2.75, 3.05) is 25.2 Å². The molecule has 0 aliphatic carbocycles. The number of benzene rings is 3. The van der Waals surface area contributed by atoms with Gasteiger partial charge >= 0.3 is 11.9 Å². The van der Waals surface area contributed by atoms with Gasteiger partial charge in [-0.15, -0.1) is 5.26 Å². The largest absolute Gasteiger partial charge is 0.496 e. The minimum Gasteiger partial charge on any atom is -0.496 e. The average molecular weight is 473 g/mol. The van der Waals surface area contributed by atoms with Crippen molar-refractivity contribution in [2.24, 2.45) is 0 Å². The van der Waals surface area contributed by atoms with Crippen molar-refractivity contribution in [1.82, 2.24) is 0 Å². The molecule has 9 heteroatoms. The van der Waals surface area contributed by atoms with Crippen molar-refractivity contribution in [3.63, 3.8) is 0 Å². The molecular weight excluding hydrogens is 450 g/mol. The second kappa shape index (κ2) is 11.8. The topological polar surface area (TPSA) is 147 Å². The summed E-state index contributed by atoms with van der Waals surface area (Å²) in [5, 5.41) is 8.58. The zero-order valence-corrected chi connectivity index (χ0v) is 18.9. The number of anilines is 2. The number of hydrogen-bond donors (Lipinski definition) is 2. The number of nitrogens with two attached hydrogens (primary N) is 2. The van der Waals surface area contributed by atoms with Crippen molar-refractivity contribution in [2.45, 2.75) is 6.42 Å². The molecular formula is C26H23N3O6. The molecule has 0 atom stereocenters. The van der Waals surface area contributed by atoms with Crippen LogP contribution in [0.3, 0.4) is 0 Å². The van der Waals surface area contributed by atoms with Crippen molar-refractivity contribution >= 4 is 29.4 Å². The minimum atomic E-state index is -0.620. The molecule has 0 amide bonds. The quantitative estimate of drug-likeness (QED) is 0.155. The first kappa shape index (κ1) is 24.7. The van der Waals surface area contributed by atoms with Crippen LogP contribution in [0, 0.1) is 11.5 Å². The lowest BCUT2D eigenvalue weighted by Gasteiger charge is -2.09. The van der Waals surface area contributed by atoms with Crippen LogP contribution in [0.15, 0.2) is 66.7 Å². The molecule has 178 valence electrons. The van der Waals surface area contributed by atoms with Crippen LogP contribution in [-0.2, 0) is 14.3 Å². The number of esters is 2. The summed E-state index contributed by atoms with van der Waals surface area (Å²) < 4.78 is 20.4. The number of ether oxygens (including phenoxy) is 4. The fourth-order valence-corrected chi connectivity index (χ4v) is 3.12. The van der Waals surface area contributed by atoms with Gasteiger partial charge in [-0.05, 0) is 41.5 Å². The number of hydrogen-bond acceptors (Lipinski definition) is 9. The Balaban J connectivity index is 1.54. The first-order valence-electron chi connectivity index (χ1n) is 10.4. The molecule has 0 aromatic heterocycles. The van der Waals surface area contributed by atoms with Crippen molar-refractivity contribution < 1.29 is 28.5 Å². The van der Waals surface area contributed by atoms with Gasteiger partial charge in [0, 0.05) is 35.1 Å². The lowest BCUT2D eigenvalue weighted by Crippen LogP contribution is -2.13. The van der Waals surface area contributed by atoms with Gasteiger partial charge in [-0.3, -0.25) is 4.79 Å². The molecule has 0 aliphatic heterocycles. The fourth-order valence-electron chi connectivity index (χ4n) is 3.12. The molecule has 3 rings (SSSR count). The van der Waals surface area contributed by atoms with E-state index in [1.807, 2.05) is 24.3 Å². The van der Waals surface area contributed by atoms with Crippen molar-refractivity contribution in [1.29, 1.82) is 5.26 Å². The molecule has 0 aliphatic rings. The molecule has 9 nitrogen and oxygen atoms in total. The standard InChI is InChI=1S/C26H23N3O6/c1-32-24-12-19(17-4-7-22(8-5-17)34-16-27)3-2-18(24)6-9-25(30)33-11-10-26(31)35-23-14-20(28)13-21(29)15-23/h2-9,12-15H,10-11,28-29H2,1H3/b9-6+. The lowest BCUT2D eigenvalue weighted by molar-refractivity contribution is -0.141. The Labute approximate surface area is 202 Å². The highest BCUT2D eigenvalue weighted by molar-refractivity contribution is 5.88. The molecule has 4 N–H and O–H groups in total. The molecule has 0 saturated carbocycles. The molecule has 3 aromatic carbocycles. The zero-order valence-electron chi connectivity index (χ0n) is 18.9. The van der Waals surface area contributed by atoms with Gasteiger partial charge in [0.25, 0.3) is 6.26 Å². The van der Waals surface area contributed by atoms with E-state index < -0.39 is 11.9 Å². The van der Waals surface area contributed by atoms with E-state index in [-0.39, 0.29) is 18.8 Å². The second-order valence-corrected chi connectivity index (χ2v) is 7.23. The van der Waals surface area contributed by atoms with Crippen LogP contribution in [0.2, 0.25) is 0 Å². The maximum Gasteiger partial charge on any atom is 0.330 e. The van der Waals surface area contributed by atoms with Crippen LogP contribution in [0.25, 0.3) is 17.2 Å². The van der Waals surface area contributed by atoms with E-state index in [1.165, 1.54) is 25.3 Å². The van der Waals surface area contributed by atoms with E-state index in [9.17, 15) is 9.59 Å². The van der Waals surface area contributed by atoms with Crippen LogP contribution in [-0.4, -0.2) is 25.7 Å². The second-order valence-electron chi connectivity index (χ2n) is 7.23. The van der Waals surface area contributed by atoms with Crippen molar-refractivity contribution in [3.05, 3.63) is 72.3 Å². The Morgan fingerprint density at radius 1 is 0.943 bits per heavy atom. The van der Waals surface area contributed by atoms with Crippen LogP contribution in [0.1, 0.15) is 12.0 Å². The van der Waals surface area contributed by atoms with Gasteiger partial charge in [0.1, 0.15) is 23.9 Å². The van der Waals surface area contributed by atoms with Gasteiger partial charge in [-0.1, -0.05) is 24.3 Å². The third-order valence-electron chi connectivity index (χ3n) is 4.72. The third kappa shape index (κ3) is 7.27. The summed E-state index contributed by atoms with van der Waals surface area (Å²) >= 11 is 0. The maximum absolute atomic E-state index is 12.0. The van der Waals surface area contributed by atoms with E-state index in [0.717, 1.165) is 11.1 Å². The summed E-state index contributed by atoms with van der Waals surface area (Å²) in [4.78, 5) is 24.0. The van der Waals surface area contributed by atoms with Crippen LogP contribution < -0.4 is 25.7 Å². The highest BCUT2D eigenvalue weighted by Gasteiger charge is 2.09. The molecule has 0 radical (unpaired) electrons. The normalized spacial score (nSPS) is 10.4. The Bertz CT molecular complexity index is 1260. The van der Waals surface area contributed by atoms with Gasteiger partial charge in [0.2, 0.25) is 0 Å². The predicted octanol–water partition coefficient (Wildman–Crippen LogP) is 3.94. The first-order chi connectivity index (χ1) is 16.9. The molecule has 35 heavy (non-hydrogen) atoms.